The first-order valence-electron chi connectivity index (χ1n) is 5.80. The zero-order valence-electron chi connectivity index (χ0n) is 9.53. The van der Waals surface area contributed by atoms with Crippen LogP contribution in [-0.4, -0.2) is 0 Å². The van der Waals surface area contributed by atoms with Gasteiger partial charge in [0.25, 0.3) is 0 Å². The van der Waals surface area contributed by atoms with Gasteiger partial charge in [-0.05, 0) is 18.8 Å². The van der Waals surface area contributed by atoms with Crippen LogP contribution in [-0.2, 0) is 0 Å². The Hall–Kier alpha value is -0.440. The van der Waals surface area contributed by atoms with E-state index < -0.39 is 0 Å². The summed E-state index contributed by atoms with van der Waals surface area (Å²) in [5.74, 6) is 7.38. The molecule has 0 aromatic rings. The Bertz CT molecular complexity index is 147. The molecule has 0 aliphatic carbocycles. The van der Waals surface area contributed by atoms with Crippen LogP contribution < -0.4 is 0 Å². The minimum Gasteiger partial charge on any atom is -0.103 e. The second kappa shape index (κ2) is 9.65. The summed E-state index contributed by atoms with van der Waals surface area (Å²) in [5.41, 5.74) is 0. The van der Waals surface area contributed by atoms with Gasteiger partial charge < -0.3 is 0 Å². The third-order valence-corrected chi connectivity index (χ3v) is 2.45. The van der Waals surface area contributed by atoms with E-state index in [1.54, 1.807) is 0 Å². The van der Waals surface area contributed by atoms with Crippen LogP contribution in [0.3, 0.4) is 0 Å². The molecule has 0 saturated heterocycles. The Balaban J connectivity index is 3.44. The molecule has 1 unspecified atom stereocenters. The lowest BCUT2D eigenvalue weighted by atomic mass is 9.95. The van der Waals surface area contributed by atoms with Gasteiger partial charge in [0.1, 0.15) is 0 Å². The van der Waals surface area contributed by atoms with Crippen LogP contribution in [0.1, 0.15) is 65.7 Å². The molecule has 76 valence electrons. The maximum atomic E-state index is 3.26. The van der Waals surface area contributed by atoms with Crippen molar-refractivity contribution >= 4 is 0 Å². The van der Waals surface area contributed by atoms with Gasteiger partial charge >= 0.3 is 0 Å². The van der Waals surface area contributed by atoms with Crippen molar-refractivity contribution in [2.45, 2.75) is 65.7 Å². The molecule has 0 amide bonds. The molecule has 0 fully saturated rings. The average Bonchev–Trinajstić information content (AvgIpc) is 2.16. The minimum atomic E-state index is 0.918. The molecule has 0 saturated carbocycles. The summed E-state index contributed by atoms with van der Waals surface area (Å²) in [6, 6.07) is 0. The van der Waals surface area contributed by atoms with Gasteiger partial charge in [0.05, 0.1) is 0 Å². The summed E-state index contributed by atoms with van der Waals surface area (Å²) >= 11 is 0. The quantitative estimate of drug-likeness (QED) is 0.532. The lowest BCUT2D eigenvalue weighted by Gasteiger charge is -2.10. The first-order chi connectivity index (χ1) is 6.35. The van der Waals surface area contributed by atoms with Crippen LogP contribution in [0, 0.1) is 17.8 Å². The SMILES string of the molecule is CCCC#CCCC(CC)CCC. The van der Waals surface area contributed by atoms with Crippen molar-refractivity contribution in [2.24, 2.45) is 5.92 Å². The van der Waals surface area contributed by atoms with Gasteiger partial charge in [-0.3, -0.25) is 0 Å². The molecule has 0 bridgehead atoms. The smallest absolute Gasteiger partial charge is 0.00913 e. The molecule has 0 spiro atoms. The maximum Gasteiger partial charge on any atom is 0.00913 e. The topological polar surface area (TPSA) is 0 Å². The van der Waals surface area contributed by atoms with E-state index in [0.717, 1.165) is 18.8 Å². The van der Waals surface area contributed by atoms with Crippen LogP contribution in [0.15, 0.2) is 0 Å². The minimum absolute atomic E-state index is 0.918. The fourth-order valence-corrected chi connectivity index (χ4v) is 1.54. The number of hydrogen-bond donors (Lipinski definition) is 0. The molecule has 0 heterocycles. The molecule has 0 radical (unpaired) electrons. The van der Waals surface area contributed by atoms with Crippen molar-refractivity contribution in [1.82, 2.24) is 0 Å². The van der Waals surface area contributed by atoms with Gasteiger partial charge in [0.15, 0.2) is 0 Å². The normalized spacial score (nSPS) is 11.9. The van der Waals surface area contributed by atoms with E-state index in [-0.39, 0.29) is 0 Å². The highest BCUT2D eigenvalue weighted by molar-refractivity contribution is 4.98. The summed E-state index contributed by atoms with van der Waals surface area (Å²) in [6.45, 7) is 6.74. The van der Waals surface area contributed by atoms with Crippen molar-refractivity contribution in [1.29, 1.82) is 0 Å². The highest BCUT2D eigenvalue weighted by atomic mass is 14.1. The molecule has 13 heavy (non-hydrogen) atoms. The number of hydrogen-bond acceptors (Lipinski definition) is 0. The molecule has 0 aliphatic heterocycles. The molecule has 0 rings (SSSR count). The van der Waals surface area contributed by atoms with E-state index in [2.05, 4.69) is 32.6 Å². The molecule has 0 heteroatoms. The molecular formula is C13H24. The summed E-state index contributed by atoms with van der Waals surface area (Å²) in [4.78, 5) is 0. The third kappa shape index (κ3) is 7.91. The van der Waals surface area contributed by atoms with Crippen LogP contribution in [0.5, 0.6) is 0 Å². The molecule has 1 atom stereocenters. The summed E-state index contributed by atoms with van der Waals surface area (Å²) in [5, 5.41) is 0. The predicted molar refractivity (Wildman–Crippen MR) is 60.6 cm³/mol. The maximum absolute atomic E-state index is 3.26. The van der Waals surface area contributed by atoms with E-state index in [9.17, 15) is 0 Å². The lowest BCUT2D eigenvalue weighted by molar-refractivity contribution is 0.438. The largest absolute Gasteiger partial charge is 0.103 e. The number of rotatable bonds is 6. The fourth-order valence-electron chi connectivity index (χ4n) is 1.54. The molecule has 0 aromatic heterocycles. The van der Waals surface area contributed by atoms with Gasteiger partial charge in [-0.2, -0.15) is 0 Å². The van der Waals surface area contributed by atoms with E-state index in [4.69, 9.17) is 0 Å². The van der Waals surface area contributed by atoms with Gasteiger partial charge in [-0.25, -0.2) is 0 Å². The third-order valence-electron chi connectivity index (χ3n) is 2.45. The summed E-state index contributed by atoms with van der Waals surface area (Å²) < 4.78 is 0. The van der Waals surface area contributed by atoms with E-state index >= 15 is 0 Å². The van der Waals surface area contributed by atoms with Crippen molar-refractivity contribution in [2.75, 3.05) is 0 Å². The van der Waals surface area contributed by atoms with Gasteiger partial charge in [-0.1, -0.05) is 40.0 Å². The zero-order valence-corrected chi connectivity index (χ0v) is 9.53. The highest BCUT2D eigenvalue weighted by Crippen LogP contribution is 2.16. The molecular weight excluding hydrogens is 156 g/mol. The summed E-state index contributed by atoms with van der Waals surface area (Å²) in [7, 11) is 0. The first-order valence-corrected chi connectivity index (χ1v) is 5.80. The molecule has 0 N–H and O–H groups in total. The van der Waals surface area contributed by atoms with Crippen molar-refractivity contribution in [3.8, 4) is 11.8 Å². The Kier molecular flexibility index (Phi) is 9.32. The van der Waals surface area contributed by atoms with Crippen molar-refractivity contribution in [3.63, 3.8) is 0 Å². The van der Waals surface area contributed by atoms with Crippen molar-refractivity contribution in [3.05, 3.63) is 0 Å². The van der Waals surface area contributed by atoms with E-state index in [1.807, 2.05) is 0 Å². The Labute approximate surface area is 84.1 Å². The lowest BCUT2D eigenvalue weighted by Crippen LogP contribution is -1.96. The summed E-state index contributed by atoms with van der Waals surface area (Å²) in [6.07, 6.45) is 8.71. The van der Waals surface area contributed by atoms with Gasteiger partial charge in [0.2, 0.25) is 0 Å². The van der Waals surface area contributed by atoms with Crippen LogP contribution in [0.4, 0.5) is 0 Å². The fraction of sp³-hybridized carbons (Fsp3) is 0.846. The Morgan fingerprint density at radius 1 is 0.846 bits per heavy atom. The molecule has 0 nitrogen and oxygen atoms in total. The number of unbranched alkanes of at least 4 members (excludes halogenated alkanes) is 1. The molecule has 0 aliphatic rings. The standard InChI is InChI=1S/C13H24/c1-4-7-8-9-10-12-13(6-3)11-5-2/h13H,4-7,10-12H2,1-3H3. The Morgan fingerprint density at radius 3 is 2.08 bits per heavy atom. The van der Waals surface area contributed by atoms with Crippen molar-refractivity contribution < 1.29 is 0 Å². The van der Waals surface area contributed by atoms with Gasteiger partial charge in [-0.15, -0.1) is 11.8 Å². The predicted octanol–water partition coefficient (Wildman–Crippen LogP) is 4.40. The van der Waals surface area contributed by atoms with Crippen LogP contribution in [0.2, 0.25) is 0 Å². The van der Waals surface area contributed by atoms with Crippen LogP contribution >= 0.6 is 0 Å². The second-order valence-corrected chi connectivity index (χ2v) is 3.71. The van der Waals surface area contributed by atoms with Gasteiger partial charge in [0, 0.05) is 12.8 Å². The second-order valence-electron chi connectivity index (χ2n) is 3.71. The van der Waals surface area contributed by atoms with Crippen LogP contribution in [0.25, 0.3) is 0 Å². The highest BCUT2D eigenvalue weighted by Gasteiger charge is 2.02. The van der Waals surface area contributed by atoms with E-state index in [0.29, 0.717) is 0 Å². The van der Waals surface area contributed by atoms with E-state index in [1.165, 1.54) is 32.1 Å². The first kappa shape index (κ1) is 12.6. The Morgan fingerprint density at radius 2 is 1.54 bits per heavy atom. The average molecular weight is 180 g/mol. The molecule has 0 aromatic carbocycles. The zero-order chi connectivity index (χ0) is 9.94. The monoisotopic (exact) mass is 180 g/mol.